The van der Waals surface area contributed by atoms with Crippen LogP contribution in [-0.4, -0.2) is 90.0 Å². The fourth-order valence-electron chi connectivity index (χ4n) is 3.84. The van der Waals surface area contributed by atoms with Crippen LogP contribution >= 0.6 is 42.7 Å². The van der Waals surface area contributed by atoms with Gasteiger partial charge in [0.15, 0.2) is 26.8 Å². The lowest BCUT2D eigenvalue weighted by Crippen LogP contribution is -2.39. The molecule has 0 amide bonds. The van der Waals surface area contributed by atoms with Crippen LogP contribution in [0.4, 0.5) is 5.95 Å². The number of thioether (sulfide) groups is 1. The van der Waals surface area contributed by atoms with E-state index in [1.165, 1.54) is 17.8 Å². The van der Waals surface area contributed by atoms with Crippen molar-refractivity contribution in [3.8, 4) is 5.88 Å². The first-order chi connectivity index (χ1) is 20.4. The zero-order chi connectivity index (χ0) is 33.0. The molecule has 1 fully saturated rings. The van der Waals surface area contributed by atoms with Crippen LogP contribution in [0.25, 0.3) is 11.2 Å². The molecule has 2 aromatic heterocycles. The number of aliphatic hydroxyl groups excluding tert-OH is 1. The Balaban J connectivity index is 1.78. The van der Waals surface area contributed by atoms with Crippen LogP contribution in [-0.2, 0) is 32.7 Å². The van der Waals surface area contributed by atoms with Crippen molar-refractivity contribution >= 4 is 70.9 Å². The third-order valence-electron chi connectivity index (χ3n) is 5.98. The molecule has 0 bridgehead atoms. The number of halogens is 2. The number of imidazole rings is 1. The van der Waals surface area contributed by atoms with Crippen LogP contribution in [0.1, 0.15) is 54.7 Å². The van der Waals surface area contributed by atoms with Gasteiger partial charge in [0.05, 0.1) is 32.3 Å². The average Bonchev–Trinajstić information content (AvgIpc) is 3.42. The molecule has 3 heterocycles. The maximum absolute atomic E-state index is 13.8. The summed E-state index contributed by atoms with van der Waals surface area (Å²) in [6.45, 7) is 11.5. The van der Waals surface area contributed by atoms with E-state index >= 15 is 0 Å². The van der Waals surface area contributed by atoms with E-state index in [2.05, 4.69) is 20.0 Å². The molecule has 0 unspecified atom stereocenters. The van der Waals surface area contributed by atoms with E-state index in [0.717, 1.165) is 11.8 Å². The average molecular weight is 702 g/mol. The number of aromatic nitrogens is 4. The van der Waals surface area contributed by atoms with Crippen molar-refractivity contribution in [3.05, 3.63) is 6.33 Å². The fraction of sp³-hybridized carbons (Fsp3) is 0.720. The van der Waals surface area contributed by atoms with Crippen molar-refractivity contribution in [2.45, 2.75) is 83.4 Å². The molecule has 0 spiro atoms. The highest BCUT2D eigenvalue weighted by Crippen LogP contribution is 2.50. The monoisotopic (exact) mass is 700 g/mol. The molecule has 1 aliphatic heterocycles. The number of carbonyl (C=O) groups excluding carboxylic acids is 2. The molecular weight excluding hydrogens is 662 g/mol. The number of esters is 1. The molecule has 1 aliphatic rings. The summed E-state index contributed by atoms with van der Waals surface area (Å²) in [7, 11) is -4.26. The van der Waals surface area contributed by atoms with Gasteiger partial charge in [-0.2, -0.15) is 9.97 Å². The first-order valence-electron chi connectivity index (χ1n) is 13.8. The number of nitrogen functional groups attached to an aromatic ring is 1. The minimum Gasteiger partial charge on any atom is -0.476 e. The fourth-order valence-corrected chi connectivity index (χ4v) is 6.82. The Morgan fingerprint density at radius 3 is 2.57 bits per heavy atom. The number of ether oxygens (including phenoxy) is 3. The number of hydrogen-bond acceptors (Lipinski definition) is 14. The number of alkyl halides is 2. The standard InChI is InChI=1S/C25H39Cl2N6O9PS/c1-8-38-19-16-18(30-23(28)31-19)33(12-29-16)21-25(26,27)17(34)15(42-21)11-40-43(37,32-14(4)20(35)41-13(2)3)39-9-10-44-22(36)24(5,6)7/h12-15,17,21,34H,8-11H2,1-7H3,(H,32,37)(H2,28,30,31)/t14-,15+,17+,21+,43+/m0/s1. The number of nitrogens with one attached hydrogen (secondary N) is 1. The number of hydrogen-bond donors (Lipinski definition) is 3. The third kappa shape index (κ3) is 8.95. The van der Waals surface area contributed by atoms with Gasteiger partial charge in [0.1, 0.15) is 18.2 Å². The molecular formula is C25H39Cl2N6O9PS. The van der Waals surface area contributed by atoms with Crippen molar-refractivity contribution in [1.82, 2.24) is 24.6 Å². The maximum atomic E-state index is 13.8. The Morgan fingerprint density at radius 2 is 1.95 bits per heavy atom. The number of fused-ring (bicyclic) bond motifs is 1. The van der Waals surface area contributed by atoms with Crippen molar-refractivity contribution < 1.29 is 42.5 Å². The van der Waals surface area contributed by atoms with E-state index in [4.69, 9.17) is 52.2 Å². The molecule has 0 aliphatic carbocycles. The van der Waals surface area contributed by atoms with Crippen LogP contribution in [0.5, 0.6) is 5.88 Å². The predicted molar refractivity (Wildman–Crippen MR) is 166 cm³/mol. The number of rotatable bonds is 14. The van der Waals surface area contributed by atoms with Gasteiger partial charge in [0, 0.05) is 11.2 Å². The van der Waals surface area contributed by atoms with Gasteiger partial charge in [-0.15, -0.1) is 0 Å². The van der Waals surface area contributed by atoms with Crippen LogP contribution in [0.3, 0.4) is 0 Å². The summed E-state index contributed by atoms with van der Waals surface area (Å²) in [5.74, 6) is -0.497. The SMILES string of the molecule is CCOc1nc(N)nc2c1ncn2[C@@H]1O[C@H](CO[P@@](=O)(N[C@@H](C)C(=O)OC(C)C)OCCSC(=O)C(C)(C)C)[C@@H](O)C1(Cl)Cl. The number of anilines is 1. The van der Waals surface area contributed by atoms with Gasteiger partial charge in [-0.25, -0.2) is 14.6 Å². The lowest BCUT2D eigenvalue weighted by molar-refractivity contribution is -0.149. The predicted octanol–water partition coefficient (Wildman–Crippen LogP) is 3.62. The van der Waals surface area contributed by atoms with E-state index < -0.39 is 60.7 Å². The summed E-state index contributed by atoms with van der Waals surface area (Å²) >= 11 is 14.2. The minimum atomic E-state index is -4.26. The Hall–Kier alpha value is -1.75. The van der Waals surface area contributed by atoms with Gasteiger partial charge >= 0.3 is 13.7 Å². The molecule has 5 atom stereocenters. The molecule has 44 heavy (non-hydrogen) atoms. The zero-order valence-corrected chi connectivity index (χ0v) is 28.7. The zero-order valence-electron chi connectivity index (χ0n) is 25.5. The molecule has 0 aromatic carbocycles. The lowest BCUT2D eigenvalue weighted by Gasteiger charge is -2.25. The van der Waals surface area contributed by atoms with Gasteiger partial charge in [0.25, 0.3) is 0 Å². The Labute approximate surface area is 269 Å². The molecule has 0 saturated carbocycles. The van der Waals surface area contributed by atoms with E-state index in [1.807, 2.05) is 0 Å². The van der Waals surface area contributed by atoms with Crippen LogP contribution in [0.2, 0.25) is 0 Å². The molecule has 4 N–H and O–H groups in total. The second-order valence-corrected chi connectivity index (χ2v) is 15.4. The van der Waals surface area contributed by atoms with Crippen LogP contribution in [0.15, 0.2) is 6.33 Å². The highest BCUT2D eigenvalue weighted by atomic mass is 35.5. The summed E-state index contributed by atoms with van der Waals surface area (Å²) in [4.78, 5) is 37.2. The first-order valence-corrected chi connectivity index (χ1v) is 17.1. The maximum Gasteiger partial charge on any atom is 0.406 e. The lowest BCUT2D eigenvalue weighted by atomic mass is 10.00. The first kappa shape index (κ1) is 36.7. The second-order valence-electron chi connectivity index (χ2n) is 11.1. The Morgan fingerprint density at radius 1 is 1.27 bits per heavy atom. The van der Waals surface area contributed by atoms with E-state index in [-0.39, 0.29) is 40.5 Å². The van der Waals surface area contributed by atoms with Gasteiger partial charge in [0.2, 0.25) is 11.8 Å². The van der Waals surface area contributed by atoms with Crippen LogP contribution < -0.4 is 15.6 Å². The van der Waals surface area contributed by atoms with E-state index in [1.54, 1.807) is 41.5 Å². The molecule has 3 rings (SSSR count). The second kappa shape index (κ2) is 14.8. The van der Waals surface area contributed by atoms with Gasteiger partial charge in [-0.3, -0.25) is 23.2 Å². The Kier molecular flexibility index (Phi) is 12.3. The summed E-state index contributed by atoms with van der Waals surface area (Å²) in [6.07, 6.45) is -3.13. The van der Waals surface area contributed by atoms with Gasteiger partial charge in [-0.05, 0) is 27.7 Å². The number of nitrogens with zero attached hydrogens (tertiary/aromatic N) is 4. The summed E-state index contributed by atoms with van der Waals surface area (Å²) < 4.78 is 41.0. The minimum absolute atomic E-state index is 0.0831. The smallest absolute Gasteiger partial charge is 0.406 e. The quantitative estimate of drug-likeness (QED) is 0.112. The number of carbonyl (C=O) groups is 2. The van der Waals surface area contributed by atoms with Crippen molar-refractivity contribution in [1.29, 1.82) is 0 Å². The molecule has 0 radical (unpaired) electrons. The van der Waals surface area contributed by atoms with E-state index in [0.29, 0.717) is 6.61 Å². The van der Waals surface area contributed by atoms with Crippen molar-refractivity contribution in [3.63, 3.8) is 0 Å². The third-order valence-corrected chi connectivity index (χ3v) is 9.76. The number of nitrogens with two attached hydrogens (primary N) is 1. The molecule has 1 saturated heterocycles. The molecule has 2 aromatic rings. The largest absolute Gasteiger partial charge is 0.476 e. The Bertz CT molecular complexity index is 1380. The summed E-state index contributed by atoms with van der Waals surface area (Å²) in [5.41, 5.74) is 5.71. The molecule has 248 valence electrons. The van der Waals surface area contributed by atoms with Crippen LogP contribution in [0, 0.1) is 5.41 Å². The molecule has 15 nitrogen and oxygen atoms in total. The highest BCUT2D eigenvalue weighted by molar-refractivity contribution is 8.13. The van der Waals surface area contributed by atoms with Crippen molar-refractivity contribution in [2.75, 3.05) is 31.3 Å². The normalized spacial score (nSPS) is 22.2. The molecule has 19 heteroatoms. The highest BCUT2D eigenvalue weighted by Gasteiger charge is 2.56. The topological polar surface area (TPSA) is 199 Å². The number of aliphatic hydroxyl groups is 1. The summed E-state index contributed by atoms with van der Waals surface area (Å²) in [6, 6.07) is -1.10. The summed E-state index contributed by atoms with van der Waals surface area (Å²) in [5, 5.41) is 13.5. The van der Waals surface area contributed by atoms with Gasteiger partial charge in [-0.1, -0.05) is 55.7 Å². The van der Waals surface area contributed by atoms with E-state index in [9.17, 15) is 19.3 Å². The van der Waals surface area contributed by atoms with Gasteiger partial charge < -0.3 is 25.1 Å². The van der Waals surface area contributed by atoms with Crippen molar-refractivity contribution in [2.24, 2.45) is 5.41 Å².